The van der Waals surface area contributed by atoms with Gasteiger partial charge in [0.05, 0.1) is 20.8 Å². The standard InChI is InChI=1S/C21H25NO5/c1-14-4-6-16(7-5-14)27-12-20(23)22-13-21(24)9-8-15-10-18(25-2)19(26-3)11-17(15)21/h4-7,10-11,24H,8-9,12-13H2,1-3H3,(H,22,23). The fourth-order valence-corrected chi connectivity index (χ4v) is 3.30. The minimum Gasteiger partial charge on any atom is -0.493 e. The van der Waals surface area contributed by atoms with Crippen LogP contribution in [-0.2, 0) is 16.8 Å². The summed E-state index contributed by atoms with van der Waals surface area (Å²) in [7, 11) is 3.14. The number of aryl methyl sites for hydroxylation is 2. The van der Waals surface area contributed by atoms with E-state index in [0.717, 1.165) is 16.7 Å². The topological polar surface area (TPSA) is 77.0 Å². The molecule has 0 saturated heterocycles. The van der Waals surface area contributed by atoms with Gasteiger partial charge in [-0.05, 0) is 55.2 Å². The van der Waals surface area contributed by atoms with Crippen molar-refractivity contribution in [1.82, 2.24) is 5.32 Å². The van der Waals surface area contributed by atoms with E-state index < -0.39 is 5.60 Å². The zero-order valence-corrected chi connectivity index (χ0v) is 15.9. The van der Waals surface area contributed by atoms with Gasteiger partial charge in [-0.15, -0.1) is 0 Å². The lowest BCUT2D eigenvalue weighted by atomic mass is 9.95. The van der Waals surface area contributed by atoms with Crippen LogP contribution in [0.5, 0.6) is 17.2 Å². The van der Waals surface area contributed by atoms with E-state index in [-0.39, 0.29) is 19.1 Å². The van der Waals surface area contributed by atoms with Gasteiger partial charge in [0.25, 0.3) is 5.91 Å². The quantitative estimate of drug-likeness (QED) is 0.781. The molecule has 1 atom stereocenters. The average molecular weight is 371 g/mol. The van der Waals surface area contributed by atoms with E-state index in [0.29, 0.717) is 30.1 Å². The summed E-state index contributed by atoms with van der Waals surface area (Å²) in [4.78, 5) is 12.1. The molecule has 0 aliphatic heterocycles. The van der Waals surface area contributed by atoms with Gasteiger partial charge < -0.3 is 24.6 Å². The molecule has 0 heterocycles. The van der Waals surface area contributed by atoms with Crippen LogP contribution in [-0.4, -0.2) is 38.4 Å². The third-order valence-corrected chi connectivity index (χ3v) is 4.89. The highest BCUT2D eigenvalue weighted by atomic mass is 16.5. The molecule has 0 fully saturated rings. The number of hydrogen-bond donors (Lipinski definition) is 2. The summed E-state index contributed by atoms with van der Waals surface area (Å²) in [5.74, 6) is 1.55. The number of carbonyl (C=O) groups is 1. The molecule has 0 saturated carbocycles. The SMILES string of the molecule is COc1cc2c(cc1OC)C(O)(CNC(=O)COc1ccc(C)cc1)CC2. The first-order valence-electron chi connectivity index (χ1n) is 8.89. The monoisotopic (exact) mass is 371 g/mol. The van der Waals surface area contributed by atoms with Crippen LogP contribution in [0.15, 0.2) is 36.4 Å². The molecule has 2 N–H and O–H groups in total. The van der Waals surface area contributed by atoms with Crippen molar-refractivity contribution in [2.45, 2.75) is 25.4 Å². The molecule has 0 aromatic heterocycles. The smallest absolute Gasteiger partial charge is 0.258 e. The maximum atomic E-state index is 12.1. The predicted molar refractivity (Wildman–Crippen MR) is 101 cm³/mol. The van der Waals surface area contributed by atoms with Crippen LogP contribution >= 0.6 is 0 Å². The minimum atomic E-state index is -1.13. The van der Waals surface area contributed by atoms with Crippen LogP contribution in [0.25, 0.3) is 0 Å². The maximum absolute atomic E-state index is 12.1. The summed E-state index contributed by atoms with van der Waals surface area (Å²) < 4.78 is 16.1. The molecule has 144 valence electrons. The van der Waals surface area contributed by atoms with Crippen molar-refractivity contribution < 1.29 is 24.1 Å². The Hall–Kier alpha value is -2.73. The van der Waals surface area contributed by atoms with Gasteiger partial charge in [0.15, 0.2) is 18.1 Å². The van der Waals surface area contributed by atoms with Crippen molar-refractivity contribution in [2.24, 2.45) is 0 Å². The van der Waals surface area contributed by atoms with Gasteiger partial charge in [0.2, 0.25) is 0 Å². The number of fused-ring (bicyclic) bond motifs is 1. The molecular formula is C21H25NO5. The van der Waals surface area contributed by atoms with Crippen LogP contribution in [0.4, 0.5) is 0 Å². The number of amides is 1. The van der Waals surface area contributed by atoms with Gasteiger partial charge in [-0.2, -0.15) is 0 Å². The lowest BCUT2D eigenvalue weighted by Gasteiger charge is -2.25. The Balaban J connectivity index is 1.61. The highest BCUT2D eigenvalue weighted by Crippen LogP contribution is 2.42. The Morgan fingerprint density at radius 1 is 1.15 bits per heavy atom. The van der Waals surface area contributed by atoms with Crippen LogP contribution in [0.3, 0.4) is 0 Å². The largest absolute Gasteiger partial charge is 0.493 e. The summed E-state index contributed by atoms with van der Waals surface area (Å²) in [5, 5.41) is 13.8. The van der Waals surface area contributed by atoms with Crippen LogP contribution < -0.4 is 19.5 Å². The Labute approximate surface area is 159 Å². The molecule has 2 aromatic carbocycles. The lowest BCUT2D eigenvalue weighted by Crippen LogP contribution is -2.41. The Morgan fingerprint density at radius 3 is 2.48 bits per heavy atom. The number of hydrogen-bond acceptors (Lipinski definition) is 5. The molecule has 3 rings (SSSR count). The van der Waals surface area contributed by atoms with E-state index >= 15 is 0 Å². The van der Waals surface area contributed by atoms with Crippen LogP contribution in [0, 0.1) is 6.92 Å². The zero-order chi connectivity index (χ0) is 19.4. The Morgan fingerprint density at radius 2 is 1.81 bits per heavy atom. The molecule has 1 amide bonds. The van der Waals surface area contributed by atoms with Gasteiger partial charge in [-0.25, -0.2) is 0 Å². The first-order chi connectivity index (χ1) is 12.9. The molecule has 0 spiro atoms. The van der Waals surface area contributed by atoms with E-state index in [1.807, 2.05) is 37.3 Å². The Bertz CT molecular complexity index is 818. The molecule has 1 unspecified atom stereocenters. The van der Waals surface area contributed by atoms with E-state index in [1.54, 1.807) is 20.3 Å². The molecule has 1 aliphatic carbocycles. The fourth-order valence-electron chi connectivity index (χ4n) is 3.30. The number of benzene rings is 2. The molecule has 2 aromatic rings. The highest BCUT2D eigenvalue weighted by molar-refractivity contribution is 5.77. The number of ether oxygens (including phenoxy) is 3. The van der Waals surface area contributed by atoms with Crippen LogP contribution in [0.1, 0.15) is 23.1 Å². The third-order valence-electron chi connectivity index (χ3n) is 4.89. The second kappa shape index (κ2) is 7.88. The summed E-state index contributed by atoms with van der Waals surface area (Å²) in [5.41, 5.74) is 1.76. The number of rotatable bonds is 7. The van der Waals surface area contributed by atoms with Crippen molar-refractivity contribution in [3.05, 3.63) is 53.1 Å². The van der Waals surface area contributed by atoms with E-state index in [4.69, 9.17) is 14.2 Å². The second-order valence-electron chi connectivity index (χ2n) is 6.77. The fraction of sp³-hybridized carbons (Fsp3) is 0.381. The second-order valence-corrected chi connectivity index (χ2v) is 6.77. The maximum Gasteiger partial charge on any atom is 0.258 e. The number of aliphatic hydroxyl groups is 1. The molecule has 6 nitrogen and oxygen atoms in total. The van der Waals surface area contributed by atoms with Crippen molar-refractivity contribution in [2.75, 3.05) is 27.4 Å². The highest BCUT2D eigenvalue weighted by Gasteiger charge is 2.38. The number of carbonyl (C=O) groups excluding carboxylic acids is 1. The summed E-state index contributed by atoms with van der Waals surface area (Å²) in [6.45, 7) is 2.00. The predicted octanol–water partition coefficient (Wildman–Crippen LogP) is 2.34. The third kappa shape index (κ3) is 4.17. The number of methoxy groups -OCH3 is 2. The van der Waals surface area contributed by atoms with Crippen molar-refractivity contribution in [1.29, 1.82) is 0 Å². The summed E-state index contributed by atoms with van der Waals surface area (Å²) in [6, 6.07) is 11.2. The van der Waals surface area contributed by atoms with E-state index in [9.17, 15) is 9.90 Å². The summed E-state index contributed by atoms with van der Waals surface area (Å²) >= 11 is 0. The molecule has 27 heavy (non-hydrogen) atoms. The lowest BCUT2D eigenvalue weighted by molar-refractivity contribution is -0.124. The molecule has 0 bridgehead atoms. The average Bonchev–Trinajstić information content (AvgIpc) is 3.01. The van der Waals surface area contributed by atoms with Gasteiger partial charge in [0, 0.05) is 0 Å². The van der Waals surface area contributed by atoms with E-state index in [2.05, 4.69) is 5.32 Å². The summed E-state index contributed by atoms with van der Waals surface area (Å²) in [6.07, 6.45) is 1.24. The van der Waals surface area contributed by atoms with Gasteiger partial charge in [-0.1, -0.05) is 17.7 Å². The molecule has 6 heteroatoms. The van der Waals surface area contributed by atoms with Gasteiger partial charge in [-0.3, -0.25) is 4.79 Å². The van der Waals surface area contributed by atoms with E-state index in [1.165, 1.54) is 0 Å². The van der Waals surface area contributed by atoms with Crippen molar-refractivity contribution >= 4 is 5.91 Å². The number of nitrogens with one attached hydrogen (secondary N) is 1. The van der Waals surface area contributed by atoms with Crippen molar-refractivity contribution in [3.8, 4) is 17.2 Å². The normalized spacial score (nSPS) is 17.9. The molecular weight excluding hydrogens is 346 g/mol. The van der Waals surface area contributed by atoms with Crippen molar-refractivity contribution in [3.63, 3.8) is 0 Å². The molecule has 1 aliphatic rings. The van der Waals surface area contributed by atoms with Gasteiger partial charge in [0.1, 0.15) is 11.4 Å². The van der Waals surface area contributed by atoms with Crippen LogP contribution in [0.2, 0.25) is 0 Å². The Kier molecular flexibility index (Phi) is 5.56. The molecule has 0 radical (unpaired) electrons. The minimum absolute atomic E-state index is 0.0993. The first-order valence-corrected chi connectivity index (χ1v) is 8.89. The van der Waals surface area contributed by atoms with Gasteiger partial charge >= 0.3 is 0 Å². The zero-order valence-electron chi connectivity index (χ0n) is 15.9. The first kappa shape index (κ1) is 19.0.